The van der Waals surface area contributed by atoms with Gasteiger partial charge in [-0.25, -0.2) is 4.98 Å². The molecule has 2 heterocycles. The monoisotopic (exact) mass is 463 g/mol. The number of fused-ring (bicyclic) bond motifs is 1. The normalized spacial score (nSPS) is 12.6. The number of methoxy groups -OCH3 is 1. The molecule has 1 aliphatic heterocycles. The average molecular weight is 463 g/mol. The van der Waals surface area contributed by atoms with E-state index in [4.69, 9.17) is 14.2 Å². The van der Waals surface area contributed by atoms with Crippen LogP contribution in [0, 0.1) is 0 Å². The minimum atomic E-state index is -0.456. The van der Waals surface area contributed by atoms with E-state index in [-0.39, 0.29) is 43.7 Å². The van der Waals surface area contributed by atoms with Crippen LogP contribution in [0.4, 0.5) is 5.82 Å². The molecular formula is C25H25N3O6. The van der Waals surface area contributed by atoms with E-state index in [1.807, 2.05) is 12.1 Å². The molecule has 1 aromatic heterocycles. The van der Waals surface area contributed by atoms with Gasteiger partial charge in [0.05, 0.1) is 7.11 Å². The Balaban J connectivity index is 1.44. The average Bonchev–Trinajstić information content (AvgIpc) is 3.30. The number of amides is 2. The number of carbonyl (C=O) groups excluding carboxylic acids is 2. The number of aromatic nitrogens is 1. The summed E-state index contributed by atoms with van der Waals surface area (Å²) in [4.78, 5) is 28.9. The molecule has 176 valence electrons. The van der Waals surface area contributed by atoms with Crippen molar-refractivity contribution < 1.29 is 28.9 Å². The summed E-state index contributed by atoms with van der Waals surface area (Å²) >= 11 is 0. The number of rotatable bonds is 9. The zero-order valence-corrected chi connectivity index (χ0v) is 18.6. The number of nitrogens with one attached hydrogen (secondary N) is 2. The van der Waals surface area contributed by atoms with Crippen molar-refractivity contribution in [2.75, 3.05) is 25.8 Å². The van der Waals surface area contributed by atoms with Gasteiger partial charge in [0.1, 0.15) is 17.3 Å². The molecule has 0 fully saturated rings. The van der Waals surface area contributed by atoms with Crippen LogP contribution < -0.4 is 24.8 Å². The highest BCUT2D eigenvalue weighted by Gasteiger charge is 2.25. The Kier molecular flexibility index (Phi) is 7.12. The van der Waals surface area contributed by atoms with E-state index in [9.17, 15) is 14.7 Å². The second-order valence-corrected chi connectivity index (χ2v) is 7.66. The molecule has 9 heteroatoms. The van der Waals surface area contributed by atoms with Crippen molar-refractivity contribution >= 4 is 17.6 Å². The molecular weight excluding hydrogens is 438 g/mol. The quantitative estimate of drug-likeness (QED) is 0.446. The first kappa shape index (κ1) is 22.9. The van der Waals surface area contributed by atoms with Gasteiger partial charge in [0, 0.05) is 43.1 Å². The number of phenolic OH excluding ortho intramolecular Hbond substituents is 1. The first-order valence-electron chi connectivity index (χ1n) is 10.8. The fourth-order valence-corrected chi connectivity index (χ4v) is 3.68. The number of pyridine rings is 1. The van der Waals surface area contributed by atoms with E-state index in [1.54, 1.807) is 49.7 Å². The Labute approximate surface area is 196 Å². The van der Waals surface area contributed by atoms with Gasteiger partial charge < -0.3 is 30.0 Å². The molecule has 3 aromatic rings. The number of nitrogens with zero attached hydrogens (tertiary/aromatic N) is 1. The molecule has 4 rings (SSSR count). The second-order valence-electron chi connectivity index (χ2n) is 7.66. The van der Waals surface area contributed by atoms with Crippen molar-refractivity contribution in [2.45, 2.75) is 18.8 Å². The van der Waals surface area contributed by atoms with Crippen LogP contribution in [0.3, 0.4) is 0 Å². The Bertz CT molecular complexity index is 1150. The number of hydrogen-bond acceptors (Lipinski definition) is 7. The van der Waals surface area contributed by atoms with E-state index in [2.05, 4.69) is 15.6 Å². The summed E-state index contributed by atoms with van der Waals surface area (Å²) in [6.07, 6.45) is 1.74. The first-order valence-corrected chi connectivity index (χ1v) is 10.8. The van der Waals surface area contributed by atoms with E-state index < -0.39 is 5.92 Å². The summed E-state index contributed by atoms with van der Waals surface area (Å²) in [5, 5.41) is 16.1. The van der Waals surface area contributed by atoms with Gasteiger partial charge in [0.2, 0.25) is 18.6 Å². The Morgan fingerprint density at radius 3 is 2.56 bits per heavy atom. The zero-order valence-electron chi connectivity index (χ0n) is 18.6. The lowest BCUT2D eigenvalue weighted by atomic mass is 9.87. The van der Waals surface area contributed by atoms with Gasteiger partial charge in [-0.2, -0.15) is 0 Å². The molecule has 9 nitrogen and oxygen atoms in total. The van der Waals surface area contributed by atoms with E-state index in [0.29, 0.717) is 28.6 Å². The standard InChI is InChI=1S/C25H25N3O6/c1-32-17-7-5-16(6-8-17)18(19-12-21-22(14-20(19)29)34-15-33-21)13-25(31)27-11-9-24(30)28-23-4-2-3-10-26-23/h2-8,10,12,14,18,29H,9,11,13,15H2,1H3,(H,27,31)(H,26,28,30). The molecule has 0 radical (unpaired) electrons. The van der Waals surface area contributed by atoms with Crippen LogP contribution in [0.25, 0.3) is 0 Å². The highest BCUT2D eigenvalue weighted by molar-refractivity contribution is 5.90. The molecule has 1 aliphatic rings. The SMILES string of the molecule is COc1ccc(C(CC(=O)NCCC(=O)Nc2ccccn2)c2cc3c(cc2O)OCO3)cc1. The van der Waals surface area contributed by atoms with Crippen LogP contribution in [0.15, 0.2) is 60.8 Å². The largest absolute Gasteiger partial charge is 0.508 e. The maximum Gasteiger partial charge on any atom is 0.231 e. The molecule has 2 amide bonds. The molecule has 2 aromatic carbocycles. The van der Waals surface area contributed by atoms with Crippen LogP contribution in [0.2, 0.25) is 0 Å². The summed E-state index contributed by atoms with van der Waals surface area (Å²) in [5.74, 6) is 1.14. The maximum atomic E-state index is 12.8. The number of phenols is 1. The van der Waals surface area contributed by atoms with E-state index >= 15 is 0 Å². The predicted molar refractivity (Wildman–Crippen MR) is 124 cm³/mol. The lowest BCUT2D eigenvalue weighted by Crippen LogP contribution is -2.29. The van der Waals surface area contributed by atoms with Gasteiger partial charge in [0.15, 0.2) is 11.5 Å². The maximum absolute atomic E-state index is 12.8. The first-order chi connectivity index (χ1) is 16.5. The Morgan fingerprint density at radius 1 is 1.09 bits per heavy atom. The number of anilines is 1. The van der Waals surface area contributed by atoms with Crippen LogP contribution in [0.1, 0.15) is 29.9 Å². The summed E-state index contributed by atoms with van der Waals surface area (Å²) in [7, 11) is 1.58. The third-order valence-corrected chi connectivity index (χ3v) is 5.41. The minimum Gasteiger partial charge on any atom is -0.508 e. The third-order valence-electron chi connectivity index (χ3n) is 5.41. The van der Waals surface area contributed by atoms with E-state index in [1.165, 1.54) is 6.07 Å². The van der Waals surface area contributed by atoms with E-state index in [0.717, 1.165) is 5.56 Å². The lowest BCUT2D eigenvalue weighted by Gasteiger charge is -2.20. The summed E-state index contributed by atoms with van der Waals surface area (Å²) in [5.41, 5.74) is 1.36. The summed E-state index contributed by atoms with van der Waals surface area (Å²) < 4.78 is 16.0. The lowest BCUT2D eigenvalue weighted by molar-refractivity contribution is -0.121. The van der Waals surface area contributed by atoms with Gasteiger partial charge in [-0.1, -0.05) is 18.2 Å². The fourth-order valence-electron chi connectivity index (χ4n) is 3.68. The molecule has 0 spiro atoms. The Hall–Kier alpha value is -4.27. The van der Waals surface area contributed by atoms with Crippen molar-refractivity contribution in [3.63, 3.8) is 0 Å². The molecule has 3 N–H and O–H groups in total. The number of hydrogen-bond donors (Lipinski definition) is 3. The smallest absolute Gasteiger partial charge is 0.231 e. The van der Waals surface area contributed by atoms with Gasteiger partial charge >= 0.3 is 0 Å². The van der Waals surface area contributed by atoms with Gasteiger partial charge in [-0.15, -0.1) is 0 Å². The van der Waals surface area contributed by atoms with Crippen molar-refractivity contribution in [1.82, 2.24) is 10.3 Å². The van der Waals surface area contributed by atoms with Gasteiger partial charge in [0.25, 0.3) is 0 Å². The topological polar surface area (TPSA) is 119 Å². The van der Waals surface area contributed by atoms with Gasteiger partial charge in [-0.05, 0) is 35.9 Å². The highest BCUT2D eigenvalue weighted by Crippen LogP contribution is 2.43. The summed E-state index contributed by atoms with van der Waals surface area (Å²) in [6.45, 7) is 0.242. The third kappa shape index (κ3) is 5.55. The molecule has 34 heavy (non-hydrogen) atoms. The van der Waals surface area contributed by atoms with Crippen molar-refractivity contribution in [1.29, 1.82) is 0 Å². The van der Waals surface area contributed by atoms with Crippen LogP contribution >= 0.6 is 0 Å². The summed E-state index contributed by atoms with van der Waals surface area (Å²) in [6, 6.07) is 15.7. The van der Waals surface area contributed by atoms with Crippen LogP contribution in [-0.2, 0) is 9.59 Å². The molecule has 1 unspecified atom stereocenters. The molecule has 0 saturated heterocycles. The van der Waals surface area contributed by atoms with Crippen molar-refractivity contribution in [3.8, 4) is 23.0 Å². The highest BCUT2D eigenvalue weighted by atomic mass is 16.7. The molecule has 0 bridgehead atoms. The number of carbonyl (C=O) groups is 2. The second kappa shape index (κ2) is 10.6. The zero-order chi connectivity index (χ0) is 23.9. The number of benzene rings is 2. The van der Waals surface area contributed by atoms with Crippen LogP contribution in [-0.4, -0.2) is 42.4 Å². The van der Waals surface area contributed by atoms with Gasteiger partial charge in [-0.3, -0.25) is 9.59 Å². The van der Waals surface area contributed by atoms with Crippen molar-refractivity contribution in [3.05, 3.63) is 71.9 Å². The number of ether oxygens (including phenoxy) is 3. The predicted octanol–water partition coefficient (Wildman–Crippen LogP) is 3.19. The minimum absolute atomic E-state index is 0.00704. The Morgan fingerprint density at radius 2 is 1.85 bits per heavy atom. The van der Waals surface area contributed by atoms with Crippen molar-refractivity contribution in [2.24, 2.45) is 0 Å². The molecule has 1 atom stereocenters. The molecule has 0 saturated carbocycles. The number of aromatic hydroxyl groups is 1. The van der Waals surface area contributed by atoms with Crippen LogP contribution in [0.5, 0.6) is 23.0 Å². The fraction of sp³-hybridized carbons (Fsp3) is 0.240. The molecule has 0 aliphatic carbocycles.